The van der Waals surface area contributed by atoms with Crippen LogP contribution in [0.25, 0.3) is 0 Å². The first-order valence-corrected chi connectivity index (χ1v) is 9.29. The van der Waals surface area contributed by atoms with E-state index in [0.717, 1.165) is 19.4 Å². The Labute approximate surface area is 121 Å². The fourth-order valence-electron chi connectivity index (χ4n) is 3.05. The van der Waals surface area contributed by atoms with Crippen LogP contribution in [0.4, 0.5) is 4.79 Å². The quantitative estimate of drug-likeness (QED) is 0.810. The van der Waals surface area contributed by atoms with Gasteiger partial charge in [-0.05, 0) is 31.6 Å². The Morgan fingerprint density at radius 2 is 1.90 bits per heavy atom. The van der Waals surface area contributed by atoms with Crippen LogP contribution in [0.3, 0.4) is 0 Å². The van der Waals surface area contributed by atoms with Gasteiger partial charge in [0, 0.05) is 25.7 Å². The van der Waals surface area contributed by atoms with Crippen molar-refractivity contribution >= 4 is 16.1 Å². The highest BCUT2D eigenvalue weighted by molar-refractivity contribution is 7.88. The molecule has 1 saturated carbocycles. The molecule has 1 saturated heterocycles. The Kier molecular flexibility index (Phi) is 5.26. The highest BCUT2D eigenvalue weighted by atomic mass is 32.2. The number of hydrogen-bond donors (Lipinski definition) is 2. The molecule has 116 valence electrons. The number of carbonyl (C=O) groups excluding carboxylic acids is 1. The van der Waals surface area contributed by atoms with Gasteiger partial charge in [-0.3, -0.25) is 0 Å². The Hall–Kier alpha value is -0.820. The number of nitrogens with one attached hydrogen (secondary N) is 2. The van der Waals surface area contributed by atoms with Crippen LogP contribution in [0.2, 0.25) is 0 Å². The van der Waals surface area contributed by atoms with E-state index in [1.54, 1.807) is 0 Å². The second-order valence-corrected chi connectivity index (χ2v) is 7.95. The van der Waals surface area contributed by atoms with Gasteiger partial charge in [-0.15, -0.1) is 0 Å². The van der Waals surface area contributed by atoms with Crippen molar-refractivity contribution in [1.82, 2.24) is 14.9 Å². The summed E-state index contributed by atoms with van der Waals surface area (Å²) in [4.78, 5) is 11.8. The van der Waals surface area contributed by atoms with E-state index in [9.17, 15) is 13.2 Å². The van der Waals surface area contributed by atoms with Crippen molar-refractivity contribution in [3.63, 3.8) is 0 Å². The Morgan fingerprint density at radius 1 is 1.20 bits per heavy atom. The monoisotopic (exact) mass is 303 g/mol. The van der Waals surface area contributed by atoms with E-state index in [1.165, 1.54) is 36.2 Å². The first-order valence-electron chi connectivity index (χ1n) is 7.44. The zero-order valence-electron chi connectivity index (χ0n) is 12.1. The summed E-state index contributed by atoms with van der Waals surface area (Å²) in [6.45, 7) is 1.67. The topological polar surface area (TPSA) is 78.5 Å². The second kappa shape index (κ2) is 6.76. The predicted octanol–water partition coefficient (Wildman–Crippen LogP) is 0.900. The van der Waals surface area contributed by atoms with E-state index in [-0.39, 0.29) is 12.1 Å². The zero-order chi connectivity index (χ0) is 14.6. The van der Waals surface area contributed by atoms with Crippen LogP contribution in [-0.4, -0.2) is 50.7 Å². The molecule has 1 atom stereocenters. The second-order valence-electron chi connectivity index (χ2n) is 5.97. The van der Waals surface area contributed by atoms with Crippen LogP contribution in [-0.2, 0) is 10.0 Å². The summed E-state index contributed by atoms with van der Waals surface area (Å²) in [7, 11) is -3.16. The standard InChI is InChI=1S/C13H25N3O3S/c1-20(18,19)16-8-4-7-12(10-16)15-13(17)14-9-11-5-2-3-6-11/h11-12H,2-10H2,1H3,(H2,14,15,17). The van der Waals surface area contributed by atoms with Crippen molar-refractivity contribution in [3.8, 4) is 0 Å². The lowest BCUT2D eigenvalue weighted by atomic mass is 10.1. The van der Waals surface area contributed by atoms with Crippen molar-refractivity contribution < 1.29 is 13.2 Å². The first kappa shape index (κ1) is 15.6. The molecule has 2 N–H and O–H groups in total. The number of hydrogen-bond acceptors (Lipinski definition) is 3. The smallest absolute Gasteiger partial charge is 0.315 e. The van der Waals surface area contributed by atoms with Crippen molar-refractivity contribution in [1.29, 1.82) is 0 Å². The van der Waals surface area contributed by atoms with Crippen LogP contribution in [0.1, 0.15) is 38.5 Å². The normalized spacial score (nSPS) is 25.6. The van der Waals surface area contributed by atoms with Gasteiger partial charge in [-0.25, -0.2) is 17.5 Å². The van der Waals surface area contributed by atoms with Crippen LogP contribution in [0.5, 0.6) is 0 Å². The van der Waals surface area contributed by atoms with Gasteiger partial charge < -0.3 is 10.6 Å². The molecule has 0 aromatic heterocycles. The molecule has 1 aliphatic heterocycles. The molecule has 0 spiro atoms. The Bertz CT molecular complexity index is 432. The van der Waals surface area contributed by atoms with E-state index in [2.05, 4.69) is 10.6 Å². The van der Waals surface area contributed by atoms with Gasteiger partial charge in [0.15, 0.2) is 0 Å². The summed E-state index contributed by atoms with van der Waals surface area (Å²) in [5, 5.41) is 5.80. The molecule has 2 aliphatic rings. The molecule has 2 rings (SSSR count). The number of sulfonamides is 1. The third-order valence-corrected chi connectivity index (χ3v) is 5.48. The summed E-state index contributed by atoms with van der Waals surface area (Å²) >= 11 is 0. The number of nitrogens with zero attached hydrogens (tertiary/aromatic N) is 1. The summed E-state index contributed by atoms with van der Waals surface area (Å²) in [6.07, 6.45) is 7.77. The molecule has 0 bridgehead atoms. The van der Waals surface area contributed by atoms with E-state index >= 15 is 0 Å². The van der Waals surface area contributed by atoms with Gasteiger partial charge in [0.25, 0.3) is 0 Å². The van der Waals surface area contributed by atoms with Gasteiger partial charge in [-0.1, -0.05) is 12.8 Å². The fraction of sp³-hybridized carbons (Fsp3) is 0.923. The minimum absolute atomic E-state index is 0.0814. The molecule has 0 aromatic carbocycles. The van der Waals surface area contributed by atoms with Gasteiger partial charge in [0.1, 0.15) is 0 Å². The molecule has 1 aliphatic carbocycles. The molecule has 1 heterocycles. The highest BCUT2D eigenvalue weighted by Gasteiger charge is 2.26. The molecule has 2 fully saturated rings. The first-order chi connectivity index (χ1) is 9.45. The third-order valence-electron chi connectivity index (χ3n) is 4.21. The number of rotatable bonds is 4. The van der Waals surface area contributed by atoms with E-state index in [4.69, 9.17) is 0 Å². The Balaban J connectivity index is 1.73. The average Bonchev–Trinajstić information content (AvgIpc) is 2.89. The molecule has 2 amide bonds. The van der Waals surface area contributed by atoms with Crippen molar-refractivity contribution in [2.45, 2.75) is 44.6 Å². The lowest BCUT2D eigenvalue weighted by molar-refractivity contribution is 0.224. The van der Waals surface area contributed by atoms with E-state index in [1.807, 2.05) is 0 Å². The lowest BCUT2D eigenvalue weighted by Crippen LogP contribution is -2.52. The third kappa shape index (κ3) is 4.63. The maximum atomic E-state index is 11.8. The van der Waals surface area contributed by atoms with Gasteiger partial charge in [-0.2, -0.15) is 0 Å². The maximum Gasteiger partial charge on any atom is 0.315 e. The summed E-state index contributed by atoms with van der Waals surface area (Å²) in [5.74, 6) is 0.611. The molecule has 0 aromatic rings. The predicted molar refractivity (Wildman–Crippen MR) is 77.9 cm³/mol. The molecule has 20 heavy (non-hydrogen) atoms. The summed E-state index contributed by atoms with van der Waals surface area (Å²) < 4.78 is 24.5. The summed E-state index contributed by atoms with van der Waals surface area (Å²) in [6, 6.07) is -0.251. The lowest BCUT2D eigenvalue weighted by Gasteiger charge is -2.31. The highest BCUT2D eigenvalue weighted by Crippen LogP contribution is 2.23. The Morgan fingerprint density at radius 3 is 2.55 bits per heavy atom. The molecule has 6 nitrogen and oxygen atoms in total. The van der Waals surface area contributed by atoms with Crippen LogP contribution in [0, 0.1) is 5.92 Å². The number of carbonyl (C=O) groups is 1. The number of urea groups is 1. The van der Waals surface area contributed by atoms with Crippen molar-refractivity contribution in [2.75, 3.05) is 25.9 Å². The molecule has 7 heteroatoms. The average molecular weight is 303 g/mol. The van der Waals surface area contributed by atoms with Gasteiger partial charge in [0.05, 0.1) is 6.26 Å². The van der Waals surface area contributed by atoms with E-state index in [0.29, 0.717) is 19.0 Å². The van der Waals surface area contributed by atoms with Gasteiger partial charge >= 0.3 is 6.03 Å². The van der Waals surface area contributed by atoms with E-state index < -0.39 is 10.0 Å². The van der Waals surface area contributed by atoms with Crippen molar-refractivity contribution in [3.05, 3.63) is 0 Å². The minimum atomic E-state index is -3.16. The van der Waals surface area contributed by atoms with Crippen LogP contribution < -0.4 is 10.6 Å². The van der Waals surface area contributed by atoms with Crippen molar-refractivity contribution in [2.24, 2.45) is 5.92 Å². The van der Waals surface area contributed by atoms with Crippen LogP contribution >= 0.6 is 0 Å². The fourth-order valence-corrected chi connectivity index (χ4v) is 3.96. The SMILES string of the molecule is CS(=O)(=O)N1CCCC(NC(=O)NCC2CCCC2)C1. The molecular weight excluding hydrogens is 278 g/mol. The maximum absolute atomic E-state index is 11.8. The molecule has 1 unspecified atom stereocenters. The molecule has 0 radical (unpaired) electrons. The van der Waals surface area contributed by atoms with Crippen LogP contribution in [0.15, 0.2) is 0 Å². The minimum Gasteiger partial charge on any atom is -0.338 e. The summed E-state index contributed by atoms with van der Waals surface area (Å²) in [5.41, 5.74) is 0. The van der Waals surface area contributed by atoms with Gasteiger partial charge in [0.2, 0.25) is 10.0 Å². The largest absolute Gasteiger partial charge is 0.338 e. The number of piperidine rings is 1. The molecular formula is C13H25N3O3S. The zero-order valence-corrected chi connectivity index (χ0v) is 12.9. The number of amides is 2.